The average Bonchev–Trinajstić information content (AvgIpc) is 3.03. The van der Waals surface area contributed by atoms with Crippen molar-refractivity contribution < 1.29 is 9.84 Å². The summed E-state index contributed by atoms with van der Waals surface area (Å²) in [6.07, 6.45) is 4.99. The number of aryl methyl sites for hydroxylation is 2. The average molecular weight is 391 g/mol. The van der Waals surface area contributed by atoms with E-state index in [1.54, 1.807) is 35.6 Å². The number of nitrogens with zero attached hydrogens (tertiary/aromatic N) is 2. The van der Waals surface area contributed by atoms with Gasteiger partial charge in [-0.2, -0.15) is 0 Å². The molecule has 1 aromatic carbocycles. The molecule has 1 atom stereocenters. The molecule has 2 aromatic heterocycles. The number of fused-ring (bicyclic) bond motifs is 3. The van der Waals surface area contributed by atoms with E-state index in [-0.39, 0.29) is 18.7 Å². The molecule has 0 saturated heterocycles. The van der Waals surface area contributed by atoms with Gasteiger partial charge in [-0.25, -0.2) is 4.98 Å². The first-order valence-electron chi connectivity index (χ1n) is 8.68. The zero-order valence-corrected chi connectivity index (χ0v) is 15.7. The minimum absolute atomic E-state index is 0.0695. The number of benzene rings is 1. The first kappa shape index (κ1) is 17.5. The van der Waals surface area contributed by atoms with Crippen molar-refractivity contribution in [3.05, 3.63) is 56.4 Å². The monoisotopic (exact) mass is 390 g/mol. The summed E-state index contributed by atoms with van der Waals surface area (Å²) in [5.41, 5.74) is 1.09. The van der Waals surface area contributed by atoms with Crippen LogP contribution in [-0.2, 0) is 19.4 Å². The van der Waals surface area contributed by atoms with Crippen molar-refractivity contribution in [2.45, 2.75) is 38.3 Å². The standard InChI is InChI=1S/C19H19ClN2O3S/c20-12-5-7-14(8-6-12)25-10-13(23)9-22-11-21-18-17(19(22)24)15-3-1-2-4-16(15)26-18/h5-8,11,13,23H,1-4,9-10H2. The second kappa shape index (κ2) is 7.39. The maximum atomic E-state index is 12.9. The smallest absolute Gasteiger partial charge is 0.262 e. The molecule has 1 unspecified atom stereocenters. The quantitative estimate of drug-likeness (QED) is 0.724. The largest absolute Gasteiger partial charge is 0.491 e. The number of aliphatic hydroxyl groups is 1. The van der Waals surface area contributed by atoms with E-state index in [0.717, 1.165) is 35.0 Å². The van der Waals surface area contributed by atoms with E-state index in [1.165, 1.54) is 22.2 Å². The van der Waals surface area contributed by atoms with Crippen molar-refractivity contribution in [3.63, 3.8) is 0 Å². The van der Waals surface area contributed by atoms with Crippen LogP contribution in [0.25, 0.3) is 10.2 Å². The van der Waals surface area contributed by atoms with E-state index in [4.69, 9.17) is 16.3 Å². The van der Waals surface area contributed by atoms with E-state index in [2.05, 4.69) is 4.98 Å². The van der Waals surface area contributed by atoms with Gasteiger partial charge < -0.3 is 9.84 Å². The Morgan fingerprint density at radius 1 is 1.27 bits per heavy atom. The van der Waals surface area contributed by atoms with Gasteiger partial charge in [-0.15, -0.1) is 11.3 Å². The summed E-state index contributed by atoms with van der Waals surface area (Å²) in [6.45, 7) is 0.244. The summed E-state index contributed by atoms with van der Waals surface area (Å²) >= 11 is 7.47. The molecule has 5 nitrogen and oxygen atoms in total. The molecule has 0 amide bonds. The minimum Gasteiger partial charge on any atom is -0.491 e. The molecule has 2 heterocycles. The van der Waals surface area contributed by atoms with Crippen molar-refractivity contribution in [2.24, 2.45) is 0 Å². The lowest BCUT2D eigenvalue weighted by Crippen LogP contribution is -2.30. The highest BCUT2D eigenvalue weighted by Gasteiger charge is 2.20. The predicted molar refractivity (Wildman–Crippen MR) is 103 cm³/mol. The molecule has 0 saturated carbocycles. The Kier molecular flexibility index (Phi) is 4.98. The molecule has 0 fully saturated rings. The number of aliphatic hydroxyl groups excluding tert-OH is 1. The Morgan fingerprint density at radius 2 is 2.04 bits per heavy atom. The van der Waals surface area contributed by atoms with E-state index < -0.39 is 6.10 Å². The zero-order chi connectivity index (χ0) is 18.1. The van der Waals surface area contributed by atoms with E-state index in [0.29, 0.717) is 10.8 Å². The number of halogens is 1. The molecule has 26 heavy (non-hydrogen) atoms. The van der Waals surface area contributed by atoms with Gasteiger partial charge in [-0.05, 0) is 55.5 Å². The zero-order valence-electron chi connectivity index (χ0n) is 14.2. The minimum atomic E-state index is -0.808. The maximum absolute atomic E-state index is 12.9. The Bertz CT molecular complexity index is 981. The molecule has 3 aromatic rings. The van der Waals surface area contributed by atoms with Gasteiger partial charge in [0.05, 0.1) is 18.3 Å². The SMILES string of the molecule is O=c1c2c3c(sc2ncn1CC(O)COc1ccc(Cl)cc1)CCCC3. The second-order valence-electron chi connectivity index (χ2n) is 6.51. The molecule has 4 rings (SSSR count). The maximum Gasteiger partial charge on any atom is 0.262 e. The normalized spacial score (nSPS) is 15.0. The van der Waals surface area contributed by atoms with Gasteiger partial charge in [0.1, 0.15) is 23.3 Å². The number of thiophene rings is 1. The van der Waals surface area contributed by atoms with Gasteiger partial charge in [0.15, 0.2) is 0 Å². The Morgan fingerprint density at radius 3 is 2.85 bits per heavy atom. The number of hydrogen-bond donors (Lipinski definition) is 1. The van der Waals surface area contributed by atoms with Gasteiger partial charge in [0.2, 0.25) is 0 Å². The van der Waals surface area contributed by atoms with Crippen LogP contribution in [0, 0.1) is 0 Å². The third kappa shape index (κ3) is 3.49. The van der Waals surface area contributed by atoms with E-state index in [9.17, 15) is 9.90 Å². The summed E-state index contributed by atoms with van der Waals surface area (Å²) in [7, 11) is 0. The van der Waals surface area contributed by atoms with Crippen molar-refractivity contribution in [3.8, 4) is 5.75 Å². The van der Waals surface area contributed by atoms with Crippen LogP contribution in [0.1, 0.15) is 23.3 Å². The van der Waals surface area contributed by atoms with E-state index in [1.807, 2.05) is 0 Å². The van der Waals surface area contributed by atoms with Crippen LogP contribution >= 0.6 is 22.9 Å². The topological polar surface area (TPSA) is 64.4 Å². The van der Waals surface area contributed by atoms with Crippen LogP contribution in [0.2, 0.25) is 5.02 Å². The molecule has 1 aliphatic rings. The number of rotatable bonds is 5. The van der Waals surface area contributed by atoms with Gasteiger partial charge in [-0.1, -0.05) is 11.6 Å². The third-order valence-corrected chi connectivity index (χ3v) is 6.06. The summed E-state index contributed by atoms with van der Waals surface area (Å²) in [5.74, 6) is 0.626. The lowest BCUT2D eigenvalue weighted by molar-refractivity contribution is 0.0915. The molecule has 0 radical (unpaired) electrons. The van der Waals surface area contributed by atoms with Crippen LogP contribution < -0.4 is 10.3 Å². The lowest BCUT2D eigenvalue weighted by Gasteiger charge is -2.14. The van der Waals surface area contributed by atoms with Gasteiger partial charge in [0.25, 0.3) is 5.56 Å². The highest BCUT2D eigenvalue weighted by Crippen LogP contribution is 2.33. The Balaban J connectivity index is 1.50. The molecular formula is C19H19ClN2O3S. The van der Waals surface area contributed by atoms with Gasteiger partial charge >= 0.3 is 0 Å². The number of aromatic nitrogens is 2. The number of hydrogen-bond acceptors (Lipinski definition) is 5. The van der Waals surface area contributed by atoms with E-state index >= 15 is 0 Å². The van der Waals surface area contributed by atoms with Crippen LogP contribution in [0.15, 0.2) is 35.4 Å². The molecule has 7 heteroatoms. The molecular weight excluding hydrogens is 372 g/mol. The first-order chi connectivity index (χ1) is 12.6. The summed E-state index contributed by atoms with van der Waals surface area (Å²) < 4.78 is 7.04. The molecule has 136 valence electrons. The fraction of sp³-hybridized carbons (Fsp3) is 0.368. The molecule has 0 aliphatic heterocycles. The molecule has 1 aliphatic carbocycles. The summed E-state index contributed by atoms with van der Waals surface area (Å²) in [5, 5.41) is 11.6. The third-order valence-electron chi connectivity index (χ3n) is 4.61. The summed E-state index contributed by atoms with van der Waals surface area (Å²) in [4.78, 5) is 19.4. The highest BCUT2D eigenvalue weighted by atomic mass is 35.5. The molecule has 0 spiro atoms. The van der Waals surface area contributed by atoms with Crippen LogP contribution in [0.3, 0.4) is 0 Å². The second-order valence-corrected chi connectivity index (χ2v) is 8.03. The lowest BCUT2D eigenvalue weighted by atomic mass is 9.97. The fourth-order valence-corrected chi connectivity index (χ4v) is 4.66. The van der Waals surface area contributed by atoms with Crippen molar-refractivity contribution >= 4 is 33.2 Å². The predicted octanol–water partition coefficient (Wildman–Crippen LogP) is 3.43. The van der Waals surface area contributed by atoms with Crippen molar-refractivity contribution in [1.29, 1.82) is 0 Å². The fourth-order valence-electron chi connectivity index (χ4n) is 3.31. The Labute approximate surface area is 159 Å². The first-order valence-corrected chi connectivity index (χ1v) is 9.87. The number of ether oxygens (including phenoxy) is 1. The van der Waals surface area contributed by atoms with Crippen LogP contribution in [0.5, 0.6) is 5.75 Å². The van der Waals surface area contributed by atoms with Crippen molar-refractivity contribution in [2.75, 3.05) is 6.61 Å². The highest BCUT2D eigenvalue weighted by molar-refractivity contribution is 7.18. The Hall–Kier alpha value is -1.89. The molecule has 1 N–H and O–H groups in total. The van der Waals surface area contributed by atoms with Crippen LogP contribution in [-0.4, -0.2) is 27.4 Å². The molecule has 0 bridgehead atoms. The summed E-state index contributed by atoms with van der Waals surface area (Å²) in [6, 6.07) is 6.94. The van der Waals surface area contributed by atoms with Gasteiger partial charge in [0, 0.05) is 9.90 Å². The van der Waals surface area contributed by atoms with Crippen LogP contribution in [0.4, 0.5) is 0 Å². The van der Waals surface area contributed by atoms with Gasteiger partial charge in [-0.3, -0.25) is 9.36 Å². The van der Waals surface area contributed by atoms with Crippen molar-refractivity contribution in [1.82, 2.24) is 9.55 Å².